The number of rotatable bonds is 1. The van der Waals surface area contributed by atoms with Gasteiger partial charge >= 0.3 is 0 Å². The van der Waals surface area contributed by atoms with Crippen molar-refractivity contribution in [3.8, 4) is 0 Å². The van der Waals surface area contributed by atoms with Crippen LogP contribution in [-0.2, 0) is 9.47 Å². The molecule has 0 amide bonds. The van der Waals surface area contributed by atoms with Gasteiger partial charge in [0.15, 0.2) is 0 Å². The molecule has 0 spiro atoms. The van der Waals surface area contributed by atoms with Crippen LogP contribution in [0.3, 0.4) is 0 Å². The maximum atomic E-state index is 9.35. The number of hydrogen-bond acceptors (Lipinski definition) is 4. The third-order valence-corrected chi connectivity index (χ3v) is 1.70. The van der Waals surface area contributed by atoms with Crippen LogP contribution in [-0.4, -0.2) is 35.6 Å². The van der Waals surface area contributed by atoms with Crippen LogP contribution < -0.4 is 0 Å². The predicted molar refractivity (Wildman–Crippen MR) is 38.1 cm³/mol. The molecule has 64 valence electrons. The van der Waals surface area contributed by atoms with Gasteiger partial charge in [-0.05, 0) is 6.92 Å². The molecule has 0 unspecified atom stereocenters. The summed E-state index contributed by atoms with van der Waals surface area (Å²) in [7, 11) is 1.47. The molecule has 0 radical (unpaired) electrons. The highest BCUT2D eigenvalue weighted by molar-refractivity contribution is 5.00. The zero-order valence-electron chi connectivity index (χ0n) is 6.52. The highest BCUT2D eigenvalue weighted by Crippen LogP contribution is 2.17. The van der Waals surface area contributed by atoms with Crippen LogP contribution in [0.1, 0.15) is 6.92 Å². The average molecular weight is 160 g/mol. The van der Waals surface area contributed by atoms with Gasteiger partial charge in [-0.2, -0.15) is 0 Å². The maximum absolute atomic E-state index is 9.35. The van der Waals surface area contributed by atoms with E-state index in [0.29, 0.717) is 0 Å². The molecule has 3 atom stereocenters. The molecule has 0 bridgehead atoms. The summed E-state index contributed by atoms with van der Waals surface area (Å²) in [5, 5.41) is 18.3. The molecule has 1 aliphatic rings. The molecule has 1 aliphatic heterocycles. The molecule has 0 aliphatic carbocycles. The van der Waals surface area contributed by atoms with Gasteiger partial charge in [0, 0.05) is 13.2 Å². The molecule has 11 heavy (non-hydrogen) atoms. The van der Waals surface area contributed by atoms with Crippen LogP contribution in [0.5, 0.6) is 0 Å². The lowest BCUT2D eigenvalue weighted by Gasteiger charge is -2.28. The largest absolute Gasteiger partial charge is 0.481 e. The third-order valence-electron chi connectivity index (χ3n) is 1.70. The van der Waals surface area contributed by atoms with Crippen LogP contribution in [0.2, 0.25) is 0 Å². The second kappa shape index (κ2) is 3.11. The van der Waals surface area contributed by atoms with E-state index in [1.54, 1.807) is 6.92 Å². The van der Waals surface area contributed by atoms with Crippen molar-refractivity contribution < 1.29 is 19.7 Å². The monoisotopic (exact) mass is 160 g/mol. The van der Waals surface area contributed by atoms with E-state index in [1.165, 1.54) is 13.2 Å². The fourth-order valence-corrected chi connectivity index (χ4v) is 1.01. The molecule has 1 rings (SSSR count). The van der Waals surface area contributed by atoms with E-state index in [2.05, 4.69) is 0 Å². The summed E-state index contributed by atoms with van der Waals surface area (Å²) in [4.78, 5) is 0. The van der Waals surface area contributed by atoms with Gasteiger partial charge < -0.3 is 19.7 Å². The lowest BCUT2D eigenvalue weighted by atomic mass is 10.1. The number of ether oxygens (including phenoxy) is 2. The standard InChI is InChI=1S/C7H12O4/c1-4-7(9)5(10-2)3-6(8)11-4/h3-5,7-9H,1-2H3/t4-,5-,7-/m0/s1. The fourth-order valence-electron chi connectivity index (χ4n) is 1.01. The summed E-state index contributed by atoms with van der Waals surface area (Å²) in [6.07, 6.45) is -0.274. The highest BCUT2D eigenvalue weighted by atomic mass is 16.6. The topological polar surface area (TPSA) is 58.9 Å². The second-order valence-corrected chi connectivity index (χ2v) is 2.52. The van der Waals surface area contributed by atoms with Gasteiger partial charge in [-0.25, -0.2) is 0 Å². The molecular formula is C7H12O4. The van der Waals surface area contributed by atoms with Gasteiger partial charge in [0.25, 0.3) is 5.95 Å². The molecule has 4 nitrogen and oxygen atoms in total. The molecule has 0 fully saturated rings. The summed E-state index contributed by atoms with van der Waals surface area (Å²) in [6, 6.07) is 0. The minimum atomic E-state index is -0.712. The molecule has 0 saturated carbocycles. The van der Waals surface area contributed by atoms with Gasteiger partial charge in [0.05, 0.1) is 0 Å². The highest BCUT2D eigenvalue weighted by Gasteiger charge is 2.30. The van der Waals surface area contributed by atoms with E-state index in [1.807, 2.05) is 0 Å². The normalized spacial score (nSPS) is 37.7. The van der Waals surface area contributed by atoms with E-state index >= 15 is 0 Å². The summed E-state index contributed by atoms with van der Waals surface area (Å²) >= 11 is 0. The lowest BCUT2D eigenvalue weighted by molar-refractivity contribution is -0.103. The number of hydrogen-bond donors (Lipinski definition) is 2. The van der Waals surface area contributed by atoms with Crippen molar-refractivity contribution >= 4 is 0 Å². The Morgan fingerprint density at radius 1 is 1.64 bits per heavy atom. The summed E-state index contributed by atoms with van der Waals surface area (Å²) in [5.74, 6) is -0.186. The van der Waals surface area contributed by atoms with Crippen LogP contribution in [0.15, 0.2) is 12.0 Å². The Morgan fingerprint density at radius 2 is 2.27 bits per heavy atom. The van der Waals surface area contributed by atoms with E-state index in [4.69, 9.17) is 14.6 Å². The zero-order chi connectivity index (χ0) is 8.43. The minimum absolute atomic E-state index is 0.186. The first-order valence-corrected chi connectivity index (χ1v) is 3.43. The molecule has 2 N–H and O–H groups in total. The van der Waals surface area contributed by atoms with Crippen molar-refractivity contribution in [3.05, 3.63) is 12.0 Å². The van der Waals surface area contributed by atoms with E-state index in [0.717, 1.165) is 0 Å². The van der Waals surface area contributed by atoms with Crippen molar-refractivity contribution in [1.82, 2.24) is 0 Å². The summed E-state index contributed by atoms with van der Waals surface area (Å²) in [6.45, 7) is 1.67. The van der Waals surface area contributed by atoms with E-state index < -0.39 is 18.3 Å². The van der Waals surface area contributed by atoms with Crippen LogP contribution in [0.25, 0.3) is 0 Å². The number of aliphatic hydroxyl groups is 2. The Balaban J connectivity index is 2.70. The maximum Gasteiger partial charge on any atom is 0.275 e. The Morgan fingerprint density at radius 3 is 2.82 bits per heavy atom. The van der Waals surface area contributed by atoms with Crippen LogP contribution in [0, 0.1) is 0 Å². The Bertz CT molecular complexity index is 166. The van der Waals surface area contributed by atoms with Crippen molar-refractivity contribution in [3.63, 3.8) is 0 Å². The molecule has 0 aromatic rings. The predicted octanol–water partition coefficient (Wildman–Crippen LogP) is 0.180. The average Bonchev–Trinajstić information content (AvgIpc) is 1.96. The zero-order valence-corrected chi connectivity index (χ0v) is 6.52. The first kappa shape index (κ1) is 8.36. The smallest absolute Gasteiger partial charge is 0.275 e. The summed E-state index contributed by atoms with van der Waals surface area (Å²) < 4.78 is 9.69. The van der Waals surface area contributed by atoms with Gasteiger partial charge in [-0.15, -0.1) is 0 Å². The number of aliphatic hydroxyl groups excluding tert-OH is 2. The first-order chi connectivity index (χ1) is 5.15. The van der Waals surface area contributed by atoms with Crippen LogP contribution >= 0.6 is 0 Å². The van der Waals surface area contributed by atoms with Crippen LogP contribution in [0.4, 0.5) is 0 Å². The first-order valence-electron chi connectivity index (χ1n) is 3.43. The van der Waals surface area contributed by atoms with Gasteiger partial charge in [-0.3, -0.25) is 0 Å². The van der Waals surface area contributed by atoms with Crippen molar-refractivity contribution in [2.75, 3.05) is 7.11 Å². The Hall–Kier alpha value is -0.740. The molecule has 0 saturated heterocycles. The fraction of sp³-hybridized carbons (Fsp3) is 0.714. The third kappa shape index (κ3) is 1.64. The Kier molecular flexibility index (Phi) is 2.36. The second-order valence-electron chi connectivity index (χ2n) is 2.52. The quantitative estimate of drug-likeness (QED) is 0.574. The lowest BCUT2D eigenvalue weighted by Crippen LogP contribution is -2.40. The van der Waals surface area contributed by atoms with E-state index in [9.17, 15) is 5.11 Å². The van der Waals surface area contributed by atoms with Gasteiger partial charge in [0.1, 0.15) is 18.3 Å². The minimum Gasteiger partial charge on any atom is -0.481 e. The van der Waals surface area contributed by atoms with Crippen molar-refractivity contribution in [2.24, 2.45) is 0 Å². The molecule has 0 aromatic heterocycles. The molecular weight excluding hydrogens is 148 g/mol. The van der Waals surface area contributed by atoms with Crippen molar-refractivity contribution in [1.29, 1.82) is 0 Å². The van der Waals surface area contributed by atoms with Crippen molar-refractivity contribution in [2.45, 2.75) is 25.2 Å². The van der Waals surface area contributed by atoms with Gasteiger partial charge in [-0.1, -0.05) is 0 Å². The van der Waals surface area contributed by atoms with Gasteiger partial charge in [0.2, 0.25) is 0 Å². The number of methoxy groups -OCH3 is 1. The Labute approximate surface area is 65.0 Å². The molecule has 4 heteroatoms. The summed E-state index contributed by atoms with van der Waals surface area (Å²) in [5.41, 5.74) is 0. The molecule has 0 aromatic carbocycles. The molecule has 1 heterocycles. The van der Waals surface area contributed by atoms with E-state index in [-0.39, 0.29) is 5.95 Å². The SMILES string of the molecule is CO[C@H]1C=C(O)O[C@@H](C)[C@@H]1O.